The van der Waals surface area contributed by atoms with Gasteiger partial charge in [-0.2, -0.15) is 0 Å². The van der Waals surface area contributed by atoms with Crippen molar-refractivity contribution in [2.24, 2.45) is 0 Å². The smallest absolute Gasteiger partial charge is 0.164 e. The van der Waals surface area contributed by atoms with E-state index in [1.165, 1.54) is 49.6 Å². The average molecular weight is 781 g/mol. The largest absolute Gasteiger partial charge is 0.309 e. The maximum absolute atomic E-state index is 4.99. The van der Waals surface area contributed by atoms with Crippen molar-refractivity contribution in [3.05, 3.63) is 241 Å². The minimum Gasteiger partial charge on any atom is -0.309 e. The predicted molar refractivity (Wildman–Crippen MR) is 252 cm³/mol. The molecule has 0 bridgehead atoms. The van der Waals surface area contributed by atoms with Crippen molar-refractivity contribution in [3.63, 3.8) is 0 Å². The van der Waals surface area contributed by atoms with Crippen LogP contribution in [0.4, 0.5) is 0 Å². The fourth-order valence-corrected chi connectivity index (χ4v) is 8.76. The fourth-order valence-electron chi connectivity index (χ4n) is 8.76. The van der Waals surface area contributed by atoms with Gasteiger partial charge in [0.05, 0.1) is 11.0 Å². The van der Waals surface area contributed by atoms with E-state index in [0.29, 0.717) is 17.5 Å². The Hall–Kier alpha value is -7.95. The van der Waals surface area contributed by atoms with Gasteiger partial charge in [0.2, 0.25) is 0 Å². The molecule has 0 spiro atoms. The first kappa shape index (κ1) is 36.2. The molecule has 4 nitrogen and oxygen atoms in total. The van der Waals surface area contributed by atoms with Crippen LogP contribution in [0.25, 0.3) is 83.9 Å². The molecule has 0 aliphatic heterocycles. The van der Waals surface area contributed by atoms with Gasteiger partial charge in [0.25, 0.3) is 0 Å². The zero-order valence-electron chi connectivity index (χ0n) is 33.4. The summed E-state index contributed by atoms with van der Waals surface area (Å²) in [4.78, 5) is 14.9. The first-order valence-electron chi connectivity index (χ1n) is 20.9. The average Bonchev–Trinajstić information content (AvgIpc) is 3.68. The van der Waals surface area contributed by atoms with E-state index in [2.05, 4.69) is 168 Å². The van der Waals surface area contributed by atoms with Crippen molar-refractivity contribution >= 4 is 33.0 Å². The van der Waals surface area contributed by atoms with E-state index < -0.39 is 0 Å². The van der Waals surface area contributed by atoms with E-state index in [-0.39, 0.29) is 5.92 Å². The number of benzene rings is 8. The third kappa shape index (κ3) is 7.04. The number of nitrogens with zero attached hydrogens (tertiary/aromatic N) is 4. The molecule has 1 unspecified atom stereocenters. The van der Waals surface area contributed by atoms with Gasteiger partial charge in [-0.3, -0.25) is 0 Å². The predicted octanol–water partition coefficient (Wildman–Crippen LogP) is 14.3. The number of allylic oxidation sites excluding steroid dienone is 4. The second-order valence-corrected chi connectivity index (χ2v) is 15.6. The van der Waals surface area contributed by atoms with Gasteiger partial charge >= 0.3 is 0 Å². The highest BCUT2D eigenvalue weighted by Crippen LogP contribution is 2.41. The van der Waals surface area contributed by atoms with E-state index >= 15 is 0 Å². The minimum atomic E-state index is 0.220. The number of rotatable bonds is 8. The highest BCUT2D eigenvalue weighted by Gasteiger charge is 2.22. The summed E-state index contributed by atoms with van der Waals surface area (Å²) in [5, 5.41) is 2.50. The third-order valence-electron chi connectivity index (χ3n) is 11.8. The first-order valence-corrected chi connectivity index (χ1v) is 20.9. The van der Waals surface area contributed by atoms with Gasteiger partial charge in [-0.1, -0.05) is 194 Å². The Bertz CT molecular complexity index is 3180. The minimum absolute atomic E-state index is 0.220. The van der Waals surface area contributed by atoms with Gasteiger partial charge in [-0.05, 0) is 75.7 Å². The molecular weight excluding hydrogens is 741 g/mol. The normalized spacial score (nSPS) is 13.9. The van der Waals surface area contributed by atoms with Gasteiger partial charge in [0.15, 0.2) is 17.5 Å². The molecule has 11 rings (SSSR count). The molecular formula is C57H40N4. The highest BCUT2D eigenvalue weighted by atomic mass is 15.0. The second-order valence-electron chi connectivity index (χ2n) is 15.6. The Kier molecular flexibility index (Phi) is 9.29. The fraction of sp³-hybridized carbons (Fsp3) is 0.0351. The summed E-state index contributed by atoms with van der Waals surface area (Å²) in [5.74, 6) is 2.16. The molecule has 1 atom stereocenters. The highest BCUT2D eigenvalue weighted by molar-refractivity contribution is 6.09. The van der Waals surface area contributed by atoms with Gasteiger partial charge in [0, 0.05) is 39.1 Å². The van der Waals surface area contributed by atoms with Gasteiger partial charge in [0.1, 0.15) is 0 Å². The van der Waals surface area contributed by atoms with Crippen LogP contribution in [0, 0.1) is 0 Å². The molecule has 0 fully saturated rings. The van der Waals surface area contributed by atoms with E-state index in [1.54, 1.807) is 0 Å². The van der Waals surface area contributed by atoms with Crippen molar-refractivity contribution in [2.75, 3.05) is 0 Å². The Balaban J connectivity index is 0.967. The van der Waals surface area contributed by atoms with Crippen molar-refractivity contribution in [2.45, 2.75) is 12.3 Å². The lowest BCUT2D eigenvalue weighted by atomic mass is 9.81. The summed E-state index contributed by atoms with van der Waals surface area (Å²) >= 11 is 0. The Labute approximate surface area is 355 Å². The first-order chi connectivity index (χ1) is 30.2. The van der Waals surface area contributed by atoms with Crippen LogP contribution in [-0.4, -0.2) is 19.5 Å². The summed E-state index contributed by atoms with van der Waals surface area (Å²) in [6, 6.07) is 75.1. The van der Waals surface area contributed by atoms with Crippen molar-refractivity contribution < 1.29 is 0 Å². The maximum atomic E-state index is 4.99. The standard InChI is InChI=1S/C57H40N4/c1-5-16-39(17-6-1)47-35-48(40-18-7-2-8-19-40)37-49(36-47)45-30-33-52-51-26-13-14-27-53(51)61(54(52)38-45)50-31-28-41(29-32-50)44-24-15-25-46(34-44)57-59-55(42-20-9-3-10-21-42)58-56(60-57)43-22-11-4-12-23-43/h1-36,38,49H,37H2. The van der Waals surface area contributed by atoms with Crippen molar-refractivity contribution in [1.82, 2.24) is 19.5 Å². The van der Waals surface area contributed by atoms with Crippen LogP contribution in [0.5, 0.6) is 0 Å². The number of para-hydroxylation sites is 1. The summed E-state index contributed by atoms with van der Waals surface area (Å²) in [7, 11) is 0. The lowest BCUT2D eigenvalue weighted by Gasteiger charge is -2.23. The molecule has 1 aliphatic rings. The molecule has 0 saturated carbocycles. The Morgan fingerprint density at radius 1 is 0.377 bits per heavy atom. The molecule has 0 N–H and O–H groups in total. The van der Waals surface area contributed by atoms with Crippen LogP contribution >= 0.6 is 0 Å². The summed E-state index contributed by atoms with van der Waals surface area (Å²) in [5.41, 5.74) is 15.0. The molecule has 288 valence electrons. The second kappa shape index (κ2) is 15.7. The number of hydrogen-bond acceptors (Lipinski definition) is 3. The zero-order valence-corrected chi connectivity index (χ0v) is 33.4. The van der Waals surface area contributed by atoms with Crippen LogP contribution in [-0.2, 0) is 0 Å². The Morgan fingerprint density at radius 3 is 1.56 bits per heavy atom. The monoisotopic (exact) mass is 780 g/mol. The van der Waals surface area contributed by atoms with Gasteiger partial charge in [-0.15, -0.1) is 0 Å². The van der Waals surface area contributed by atoms with Gasteiger partial charge < -0.3 is 4.57 Å². The lowest BCUT2D eigenvalue weighted by Crippen LogP contribution is -2.04. The van der Waals surface area contributed by atoms with Crippen molar-refractivity contribution in [3.8, 4) is 51.0 Å². The molecule has 0 saturated heterocycles. The Morgan fingerprint density at radius 2 is 0.902 bits per heavy atom. The molecule has 0 amide bonds. The van der Waals surface area contributed by atoms with E-state index in [9.17, 15) is 0 Å². The van der Waals surface area contributed by atoms with Crippen LogP contribution in [0.15, 0.2) is 224 Å². The summed E-state index contributed by atoms with van der Waals surface area (Å²) < 4.78 is 2.42. The molecule has 2 heterocycles. The molecule has 10 aromatic rings. The van der Waals surface area contributed by atoms with Gasteiger partial charge in [-0.25, -0.2) is 15.0 Å². The van der Waals surface area contributed by atoms with E-state index in [1.807, 2.05) is 60.7 Å². The third-order valence-corrected chi connectivity index (χ3v) is 11.8. The van der Waals surface area contributed by atoms with Crippen LogP contribution in [0.1, 0.15) is 29.0 Å². The number of aromatic nitrogens is 4. The number of fused-ring (bicyclic) bond motifs is 3. The summed E-state index contributed by atoms with van der Waals surface area (Å²) in [6.07, 6.45) is 5.77. The molecule has 2 aromatic heterocycles. The molecule has 1 aliphatic carbocycles. The molecule has 61 heavy (non-hydrogen) atoms. The summed E-state index contributed by atoms with van der Waals surface area (Å²) in [6.45, 7) is 0. The quantitative estimate of drug-likeness (QED) is 0.154. The maximum Gasteiger partial charge on any atom is 0.164 e. The zero-order chi connectivity index (χ0) is 40.5. The van der Waals surface area contributed by atoms with Crippen LogP contribution < -0.4 is 0 Å². The van der Waals surface area contributed by atoms with Crippen molar-refractivity contribution in [1.29, 1.82) is 0 Å². The van der Waals surface area contributed by atoms with Crippen LogP contribution in [0.2, 0.25) is 0 Å². The topological polar surface area (TPSA) is 43.6 Å². The lowest BCUT2D eigenvalue weighted by molar-refractivity contribution is 0.871. The number of hydrogen-bond donors (Lipinski definition) is 0. The SMILES string of the molecule is C1=C(c2ccccc2)C=C(c2ccccc2)CC1c1ccc2c3ccccc3n(-c3ccc(-c4cccc(-c5nc(-c6ccccc6)nc(-c6ccccc6)n5)c4)cc3)c2c1. The van der Waals surface area contributed by atoms with E-state index in [4.69, 9.17) is 15.0 Å². The van der Waals surface area contributed by atoms with E-state index in [0.717, 1.165) is 39.9 Å². The van der Waals surface area contributed by atoms with Crippen LogP contribution in [0.3, 0.4) is 0 Å². The molecule has 0 radical (unpaired) electrons. The molecule has 4 heteroatoms. The molecule has 8 aromatic carbocycles.